The van der Waals surface area contributed by atoms with E-state index in [-0.39, 0.29) is 17.6 Å². The van der Waals surface area contributed by atoms with Crippen LogP contribution in [0.4, 0.5) is 21.9 Å². The van der Waals surface area contributed by atoms with Gasteiger partial charge in [-0.25, -0.2) is 4.79 Å². The Hall–Kier alpha value is -3.60. The summed E-state index contributed by atoms with van der Waals surface area (Å²) in [6.45, 7) is 5.65. The lowest BCUT2D eigenvalue weighted by Gasteiger charge is -2.19. The molecule has 39 heavy (non-hydrogen) atoms. The summed E-state index contributed by atoms with van der Waals surface area (Å²) in [4.78, 5) is 41.1. The van der Waals surface area contributed by atoms with Gasteiger partial charge in [0.2, 0.25) is 0 Å². The van der Waals surface area contributed by atoms with Crippen LogP contribution in [0.1, 0.15) is 51.6 Å². The summed E-state index contributed by atoms with van der Waals surface area (Å²) in [6.07, 6.45) is -0.654. The van der Waals surface area contributed by atoms with Gasteiger partial charge in [0.25, 0.3) is 11.8 Å². The highest BCUT2D eigenvalue weighted by Crippen LogP contribution is 2.46. The quantitative estimate of drug-likeness (QED) is 0.214. The highest BCUT2D eigenvalue weighted by molar-refractivity contribution is 7.13. The number of phenolic OH excluding ortho intramolecular Hbond substituents is 1. The number of nitrogens with zero attached hydrogens (tertiary/aromatic N) is 1. The number of alkyl halides is 1. The molecule has 0 bridgehead atoms. The number of anilines is 3. The van der Waals surface area contributed by atoms with Crippen molar-refractivity contribution in [1.29, 1.82) is 0 Å². The van der Waals surface area contributed by atoms with Crippen LogP contribution < -0.4 is 15.5 Å². The third-order valence-corrected chi connectivity index (χ3v) is 8.36. The zero-order valence-electron chi connectivity index (χ0n) is 21.4. The number of fused-ring (bicyclic) bond motifs is 3. The van der Waals surface area contributed by atoms with Gasteiger partial charge in [0.15, 0.2) is 0 Å². The van der Waals surface area contributed by atoms with Crippen LogP contribution in [0.15, 0.2) is 53.2 Å². The maximum Gasteiger partial charge on any atom is 0.412 e. The van der Waals surface area contributed by atoms with Crippen molar-refractivity contribution in [3.63, 3.8) is 0 Å². The van der Waals surface area contributed by atoms with Crippen LogP contribution in [0.2, 0.25) is 0 Å². The molecule has 0 saturated heterocycles. The van der Waals surface area contributed by atoms with E-state index in [0.717, 1.165) is 16.3 Å². The molecule has 1 atom stereocenters. The molecule has 0 aliphatic carbocycles. The minimum Gasteiger partial charge on any atom is -0.507 e. The van der Waals surface area contributed by atoms with Gasteiger partial charge in [0, 0.05) is 35.2 Å². The third kappa shape index (κ3) is 5.45. The maximum atomic E-state index is 13.6. The van der Waals surface area contributed by atoms with Gasteiger partial charge in [-0.3, -0.25) is 14.9 Å². The number of phenols is 1. The van der Waals surface area contributed by atoms with Gasteiger partial charge >= 0.3 is 6.09 Å². The van der Waals surface area contributed by atoms with Gasteiger partial charge in [-0.1, -0.05) is 24.3 Å². The first kappa shape index (κ1) is 27.0. The van der Waals surface area contributed by atoms with Gasteiger partial charge in [-0.2, -0.15) is 0 Å². The summed E-state index contributed by atoms with van der Waals surface area (Å²) in [6, 6.07) is 12.4. The molecule has 3 N–H and O–H groups in total. The SMILES string of the molecule is CC(C)(C)OC(=O)Nc1ccsc1C(=O)Nc1csc(C(=O)N2CC(CCl)c3c2cc(O)c2ccccc32)c1. The van der Waals surface area contributed by atoms with Crippen molar-refractivity contribution >= 4 is 80.0 Å². The fourth-order valence-corrected chi connectivity index (χ4v) is 6.36. The van der Waals surface area contributed by atoms with E-state index in [4.69, 9.17) is 16.3 Å². The maximum absolute atomic E-state index is 13.6. The molecule has 3 amide bonds. The fraction of sp³-hybridized carbons (Fsp3) is 0.250. The van der Waals surface area contributed by atoms with Gasteiger partial charge in [-0.05, 0) is 49.2 Å². The third-order valence-electron chi connectivity index (χ3n) is 6.15. The zero-order chi connectivity index (χ0) is 27.9. The Labute approximate surface area is 238 Å². The van der Waals surface area contributed by atoms with Gasteiger partial charge in [0.05, 0.1) is 21.9 Å². The highest BCUT2D eigenvalue weighted by Gasteiger charge is 2.35. The van der Waals surface area contributed by atoms with E-state index in [2.05, 4.69) is 10.6 Å². The van der Waals surface area contributed by atoms with Gasteiger partial charge in [0.1, 0.15) is 16.2 Å². The minimum absolute atomic E-state index is 0.0787. The van der Waals surface area contributed by atoms with Crippen LogP contribution in [-0.2, 0) is 4.74 Å². The van der Waals surface area contributed by atoms with Crippen LogP contribution in [-0.4, -0.2) is 41.0 Å². The van der Waals surface area contributed by atoms with Crippen LogP contribution in [0.5, 0.6) is 5.75 Å². The second kappa shape index (κ2) is 10.5. The second-order valence-corrected chi connectivity index (χ2v) is 12.2. The number of hydrogen-bond acceptors (Lipinski definition) is 7. The molecule has 1 aliphatic heterocycles. The molecule has 2 aromatic heterocycles. The molecule has 1 unspecified atom stereocenters. The number of halogens is 1. The number of nitrogens with one attached hydrogen (secondary N) is 2. The molecule has 4 aromatic rings. The molecule has 3 heterocycles. The molecule has 2 aromatic carbocycles. The Bertz CT molecular complexity index is 1590. The lowest BCUT2D eigenvalue weighted by atomic mass is 9.95. The number of benzene rings is 2. The van der Waals surface area contributed by atoms with E-state index in [0.29, 0.717) is 39.2 Å². The standard InChI is InChI=1S/C28H26ClN3O5S2/c1-28(2,3)37-27(36)31-19-8-9-38-24(19)25(34)30-16-10-22(39-14-16)26(35)32-13-15(12-29)23-18-7-5-4-6-17(18)21(33)11-20(23)32/h4-11,14-15,33H,12-13H2,1-3H3,(H,30,34)(H,31,36). The van der Waals surface area contributed by atoms with Crippen molar-refractivity contribution in [1.82, 2.24) is 0 Å². The molecule has 202 valence electrons. The van der Waals surface area contributed by atoms with Crippen molar-refractivity contribution in [2.75, 3.05) is 28.0 Å². The number of carbonyl (C=O) groups is 3. The number of carbonyl (C=O) groups excluding carboxylic acids is 3. The van der Waals surface area contributed by atoms with E-state index in [1.807, 2.05) is 24.3 Å². The normalized spacial score (nSPS) is 14.8. The monoisotopic (exact) mass is 583 g/mol. The summed E-state index contributed by atoms with van der Waals surface area (Å²) < 4.78 is 5.27. The molecule has 1 aliphatic rings. The van der Waals surface area contributed by atoms with Crippen LogP contribution in [0.25, 0.3) is 10.8 Å². The summed E-state index contributed by atoms with van der Waals surface area (Å²) in [5.41, 5.74) is 1.70. The Morgan fingerprint density at radius 1 is 1.10 bits per heavy atom. The summed E-state index contributed by atoms with van der Waals surface area (Å²) in [5, 5.41) is 21.0. The number of thiophene rings is 2. The average molecular weight is 584 g/mol. The molecule has 5 rings (SSSR count). The highest BCUT2D eigenvalue weighted by atomic mass is 35.5. The van der Waals surface area contributed by atoms with E-state index >= 15 is 0 Å². The number of aromatic hydroxyl groups is 1. The second-order valence-electron chi connectivity index (χ2n) is 10.1. The number of amides is 3. The van der Waals surface area contributed by atoms with E-state index in [1.54, 1.807) is 54.6 Å². The Morgan fingerprint density at radius 3 is 2.56 bits per heavy atom. The average Bonchev–Trinajstić information content (AvgIpc) is 3.61. The smallest absolute Gasteiger partial charge is 0.412 e. The molecular weight excluding hydrogens is 558 g/mol. The Morgan fingerprint density at radius 2 is 1.85 bits per heavy atom. The van der Waals surface area contributed by atoms with E-state index in [1.165, 1.54) is 22.7 Å². The molecule has 0 spiro atoms. The van der Waals surface area contributed by atoms with Gasteiger partial charge < -0.3 is 20.1 Å². The van der Waals surface area contributed by atoms with E-state index < -0.39 is 17.6 Å². The topological polar surface area (TPSA) is 108 Å². The molecular formula is C28H26ClN3O5S2. The van der Waals surface area contributed by atoms with Crippen molar-refractivity contribution < 1.29 is 24.2 Å². The first-order chi connectivity index (χ1) is 18.6. The van der Waals surface area contributed by atoms with Crippen molar-refractivity contribution in [2.24, 2.45) is 0 Å². The van der Waals surface area contributed by atoms with Crippen LogP contribution in [0.3, 0.4) is 0 Å². The largest absolute Gasteiger partial charge is 0.507 e. The molecule has 11 heteroatoms. The summed E-state index contributed by atoms with van der Waals surface area (Å²) in [5.74, 6) is -0.309. The number of ether oxygens (including phenoxy) is 1. The first-order valence-corrected chi connectivity index (χ1v) is 14.4. The molecule has 0 saturated carbocycles. The number of rotatable bonds is 5. The van der Waals surface area contributed by atoms with Crippen molar-refractivity contribution in [3.05, 3.63) is 68.5 Å². The van der Waals surface area contributed by atoms with Gasteiger partial charge in [-0.15, -0.1) is 34.3 Å². The summed E-state index contributed by atoms with van der Waals surface area (Å²) in [7, 11) is 0. The van der Waals surface area contributed by atoms with E-state index in [9.17, 15) is 19.5 Å². The lowest BCUT2D eigenvalue weighted by Crippen LogP contribution is -2.29. The van der Waals surface area contributed by atoms with Crippen molar-refractivity contribution in [2.45, 2.75) is 32.3 Å². The molecule has 8 nitrogen and oxygen atoms in total. The van der Waals surface area contributed by atoms with Crippen molar-refractivity contribution in [3.8, 4) is 5.75 Å². The minimum atomic E-state index is -0.673. The van der Waals surface area contributed by atoms with Crippen LogP contribution in [0, 0.1) is 0 Å². The predicted molar refractivity (Wildman–Crippen MR) is 157 cm³/mol. The lowest BCUT2D eigenvalue weighted by molar-refractivity contribution is 0.0635. The molecule has 0 fully saturated rings. The molecule has 0 radical (unpaired) electrons. The first-order valence-electron chi connectivity index (χ1n) is 12.2. The van der Waals surface area contributed by atoms with Crippen LogP contribution >= 0.6 is 34.3 Å². The summed E-state index contributed by atoms with van der Waals surface area (Å²) >= 11 is 8.69. The Balaban J connectivity index is 1.34. The fourth-order valence-electron chi connectivity index (χ4n) is 4.58. The number of hydrogen-bond donors (Lipinski definition) is 3. The predicted octanol–water partition coefficient (Wildman–Crippen LogP) is 7.25. The zero-order valence-corrected chi connectivity index (χ0v) is 23.8. The Kier molecular flexibility index (Phi) is 7.28.